The van der Waals surface area contributed by atoms with Crippen LogP contribution in [0.1, 0.15) is 56.5 Å². The Morgan fingerprint density at radius 1 is 1.15 bits per heavy atom. The van der Waals surface area contributed by atoms with E-state index in [0.29, 0.717) is 15.7 Å². The summed E-state index contributed by atoms with van der Waals surface area (Å²) in [7, 11) is 2.07. The molecule has 3 N–H and O–H groups in total. The quantitative estimate of drug-likeness (QED) is 0.494. The van der Waals surface area contributed by atoms with Crippen molar-refractivity contribution in [1.82, 2.24) is 25.5 Å². The molecule has 3 heterocycles. The Labute approximate surface area is 207 Å². The van der Waals surface area contributed by atoms with Crippen LogP contribution >= 0.6 is 35.3 Å². The fourth-order valence-electron chi connectivity index (χ4n) is 4.60. The van der Waals surface area contributed by atoms with E-state index in [-0.39, 0.29) is 36.3 Å². The minimum Gasteiger partial charge on any atom is -0.351 e. The zero-order valence-electron chi connectivity index (χ0n) is 18.3. The molecule has 176 valence electrons. The van der Waals surface area contributed by atoms with Gasteiger partial charge in [-0.1, -0.05) is 24.4 Å². The zero-order chi connectivity index (χ0) is 22.2. The van der Waals surface area contributed by atoms with Gasteiger partial charge in [-0.15, -0.1) is 23.7 Å². The van der Waals surface area contributed by atoms with Crippen LogP contribution in [0.2, 0.25) is 5.02 Å². The molecule has 2 aliphatic rings. The van der Waals surface area contributed by atoms with Crippen LogP contribution in [0.4, 0.5) is 0 Å². The van der Waals surface area contributed by atoms with Crippen LogP contribution in [0.15, 0.2) is 24.3 Å². The Bertz CT molecular complexity index is 1180. The molecule has 0 radical (unpaired) electrons. The number of aromatic amines is 1. The van der Waals surface area contributed by atoms with Gasteiger partial charge in [-0.25, -0.2) is 4.98 Å². The summed E-state index contributed by atoms with van der Waals surface area (Å²) in [5.74, 6) is -0.310. The van der Waals surface area contributed by atoms with Crippen molar-refractivity contribution in [3.63, 3.8) is 0 Å². The van der Waals surface area contributed by atoms with Gasteiger partial charge in [0, 0.05) is 46.0 Å². The molecule has 2 aromatic heterocycles. The highest BCUT2D eigenvalue weighted by Gasteiger charge is 2.30. The minimum absolute atomic E-state index is 0. The molecule has 0 spiro atoms. The second kappa shape index (κ2) is 10.0. The topological polar surface area (TPSA) is 90.1 Å². The second-order valence-corrected chi connectivity index (χ2v) is 10.3. The van der Waals surface area contributed by atoms with Crippen LogP contribution in [-0.2, 0) is 13.0 Å². The number of H-pyrrole nitrogens is 1. The van der Waals surface area contributed by atoms with Gasteiger partial charge in [0.05, 0.1) is 5.69 Å². The maximum atomic E-state index is 13.0. The Morgan fingerprint density at radius 3 is 2.64 bits per heavy atom. The standard InChI is InChI=1S/C23H26ClN5O2S.ClH/c1-29-9-8-20-19(12-29)28-23(32-20)22(31)27-17-5-3-2-4-16(17)26-21(30)18-11-13-10-14(24)6-7-15(13)25-18;/h6-7,10-11,16-17,25H,2-5,8-9,12H2,1H3,(H,26,30)(H,27,31);1H/t16-,17+;/m0./s1. The average Bonchev–Trinajstić information content (AvgIpc) is 3.38. The lowest BCUT2D eigenvalue weighted by molar-refractivity contribution is 0.0860. The lowest BCUT2D eigenvalue weighted by Crippen LogP contribution is -2.53. The van der Waals surface area contributed by atoms with Gasteiger partial charge in [-0.3, -0.25) is 9.59 Å². The summed E-state index contributed by atoms with van der Waals surface area (Å²) >= 11 is 7.56. The molecule has 33 heavy (non-hydrogen) atoms. The third-order valence-corrected chi connectivity index (χ3v) is 7.73. The number of benzene rings is 1. The number of nitrogens with zero attached hydrogens (tertiary/aromatic N) is 2. The van der Waals surface area contributed by atoms with E-state index in [0.717, 1.165) is 61.8 Å². The summed E-state index contributed by atoms with van der Waals surface area (Å²) in [6.07, 6.45) is 4.67. The number of hydrogen-bond donors (Lipinski definition) is 3. The summed E-state index contributed by atoms with van der Waals surface area (Å²) in [6.45, 7) is 1.78. The first-order valence-corrected chi connectivity index (χ1v) is 12.2. The third-order valence-electron chi connectivity index (χ3n) is 6.34. The van der Waals surface area contributed by atoms with Crippen LogP contribution in [0.3, 0.4) is 0 Å². The number of hydrogen-bond acceptors (Lipinski definition) is 5. The molecule has 1 aliphatic heterocycles. The summed E-state index contributed by atoms with van der Waals surface area (Å²) in [5, 5.41) is 8.33. The molecular weight excluding hydrogens is 481 g/mol. The lowest BCUT2D eigenvalue weighted by atomic mass is 9.90. The normalized spacial score (nSPS) is 20.7. The van der Waals surface area contributed by atoms with Crippen molar-refractivity contribution < 1.29 is 9.59 Å². The third kappa shape index (κ3) is 5.19. The maximum absolute atomic E-state index is 13.0. The molecule has 1 saturated carbocycles. The molecule has 3 aromatic rings. The van der Waals surface area contributed by atoms with Gasteiger partial charge < -0.3 is 20.5 Å². The molecule has 1 fully saturated rings. The number of carbonyl (C=O) groups is 2. The molecule has 0 bridgehead atoms. The predicted octanol–water partition coefficient (Wildman–Crippen LogP) is 4.16. The van der Waals surface area contributed by atoms with Gasteiger partial charge in [-0.05, 0) is 50.6 Å². The Hall–Kier alpha value is -2.13. The number of fused-ring (bicyclic) bond motifs is 2. The van der Waals surface area contributed by atoms with E-state index in [4.69, 9.17) is 11.6 Å². The smallest absolute Gasteiger partial charge is 0.280 e. The predicted molar refractivity (Wildman–Crippen MR) is 134 cm³/mol. The van der Waals surface area contributed by atoms with Crippen LogP contribution in [-0.4, -0.2) is 52.4 Å². The molecule has 0 saturated heterocycles. The second-order valence-electron chi connectivity index (χ2n) is 8.74. The first-order valence-electron chi connectivity index (χ1n) is 11.0. The van der Waals surface area contributed by atoms with E-state index in [2.05, 4.69) is 32.5 Å². The van der Waals surface area contributed by atoms with Crippen molar-refractivity contribution in [2.45, 2.75) is 50.7 Å². The van der Waals surface area contributed by atoms with E-state index in [1.165, 1.54) is 16.2 Å². The number of carbonyl (C=O) groups excluding carboxylic acids is 2. The lowest BCUT2D eigenvalue weighted by Gasteiger charge is -2.32. The van der Waals surface area contributed by atoms with Gasteiger partial charge in [0.2, 0.25) is 0 Å². The van der Waals surface area contributed by atoms with Crippen LogP contribution in [0, 0.1) is 0 Å². The summed E-state index contributed by atoms with van der Waals surface area (Å²) in [5.41, 5.74) is 2.38. The monoisotopic (exact) mass is 507 g/mol. The van der Waals surface area contributed by atoms with Crippen molar-refractivity contribution >= 4 is 58.1 Å². The zero-order valence-corrected chi connectivity index (χ0v) is 20.7. The SMILES string of the molecule is CN1CCc2sc(C(=O)N[C@@H]3CCCC[C@@H]3NC(=O)c3cc4cc(Cl)ccc4[nH]3)nc2C1.Cl. The Kier molecular flexibility index (Phi) is 7.28. The number of likely N-dealkylation sites (N-methyl/N-ethyl adjacent to an activating group) is 1. The first kappa shape index (κ1) is 24.0. The van der Waals surface area contributed by atoms with Crippen molar-refractivity contribution in [2.24, 2.45) is 0 Å². The number of amides is 2. The first-order chi connectivity index (χ1) is 15.5. The largest absolute Gasteiger partial charge is 0.351 e. The van der Waals surface area contributed by atoms with Crippen molar-refractivity contribution in [3.05, 3.63) is 50.6 Å². The van der Waals surface area contributed by atoms with E-state index in [9.17, 15) is 9.59 Å². The highest BCUT2D eigenvalue weighted by Crippen LogP contribution is 2.26. The highest BCUT2D eigenvalue weighted by molar-refractivity contribution is 7.13. The molecular formula is C23H27Cl2N5O2S. The van der Waals surface area contributed by atoms with E-state index in [1.807, 2.05) is 18.2 Å². The van der Waals surface area contributed by atoms with Crippen molar-refractivity contribution in [2.75, 3.05) is 13.6 Å². The number of thiazole rings is 1. The maximum Gasteiger partial charge on any atom is 0.280 e. The summed E-state index contributed by atoms with van der Waals surface area (Å²) < 4.78 is 0. The van der Waals surface area contributed by atoms with E-state index in [1.54, 1.807) is 6.07 Å². The highest BCUT2D eigenvalue weighted by atomic mass is 35.5. The summed E-state index contributed by atoms with van der Waals surface area (Å²) in [6, 6.07) is 7.08. The van der Waals surface area contributed by atoms with E-state index < -0.39 is 0 Å². The minimum atomic E-state index is -0.170. The van der Waals surface area contributed by atoms with Gasteiger partial charge in [0.1, 0.15) is 5.69 Å². The van der Waals surface area contributed by atoms with Crippen LogP contribution in [0.25, 0.3) is 10.9 Å². The molecule has 10 heteroatoms. The molecule has 2 amide bonds. The summed E-state index contributed by atoms with van der Waals surface area (Å²) in [4.78, 5) is 37.1. The fraction of sp³-hybridized carbons (Fsp3) is 0.435. The van der Waals surface area contributed by atoms with Gasteiger partial charge in [0.25, 0.3) is 11.8 Å². The molecule has 1 aliphatic carbocycles. The number of rotatable bonds is 4. The van der Waals surface area contributed by atoms with Crippen molar-refractivity contribution in [1.29, 1.82) is 0 Å². The Balaban J connectivity index is 0.00000259. The van der Waals surface area contributed by atoms with Gasteiger partial charge >= 0.3 is 0 Å². The molecule has 0 unspecified atom stereocenters. The number of aromatic nitrogens is 2. The van der Waals surface area contributed by atoms with Crippen LogP contribution < -0.4 is 10.6 Å². The van der Waals surface area contributed by atoms with E-state index >= 15 is 0 Å². The number of nitrogens with one attached hydrogen (secondary N) is 3. The van der Waals surface area contributed by atoms with Gasteiger partial charge in [-0.2, -0.15) is 0 Å². The number of halogens is 2. The Morgan fingerprint density at radius 2 is 1.88 bits per heavy atom. The molecule has 2 atom stereocenters. The molecule has 7 nitrogen and oxygen atoms in total. The molecule has 1 aromatic carbocycles. The van der Waals surface area contributed by atoms with Gasteiger partial charge in [0.15, 0.2) is 5.01 Å². The molecule has 5 rings (SSSR count). The average molecular weight is 508 g/mol. The van der Waals surface area contributed by atoms with Crippen molar-refractivity contribution in [3.8, 4) is 0 Å². The fourth-order valence-corrected chi connectivity index (χ4v) is 5.75. The van der Waals surface area contributed by atoms with Crippen LogP contribution in [0.5, 0.6) is 0 Å².